The lowest BCUT2D eigenvalue weighted by atomic mass is 9.84. The summed E-state index contributed by atoms with van der Waals surface area (Å²) >= 11 is 7.52. The van der Waals surface area contributed by atoms with Gasteiger partial charge >= 0.3 is 0 Å². The number of rotatable bonds is 4. The Kier molecular flexibility index (Phi) is 2.80. The summed E-state index contributed by atoms with van der Waals surface area (Å²) in [7, 11) is 2.11. The molecule has 0 radical (unpaired) electrons. The van der Waals surface area contributed by atoms with Gasteiger partial charge in [0.1, 0.15) is 5.82 Å². The van der Waals surface area contributed by atoms with Crippen LogP contribution < -0.4 is 4.90 Å². The molecule has 2 saturated carbocycles. The van der Waals surface area contributed by atoms with E-state index < -0.39 is 0 Å². The van der Waals surface area contributed by atoms with E-state index in [9.17, 15) is 0 Å². The Morgan fingerprint density at radius 1 is 1.44 bits per heavy atom. The van der Waals surface area contributed by atoms with Crippen LogP contribution >= 0.6 is 23.1 Å². The summed E-state index contributed by atoms with van der Waals surface area (Å²) in [6.07, 6.45) is 4.85. The molecule has 1 heterocycles. The van der Waals surface area contributed by atoms with E-state index >= 15 is 0 Å². The van der Waals surface area contributed by atoms with Crippen molar-refractivity contribution in [3.05, 3.63) is 5.82 Å². The number of hydrogen-bond donors (Lipinski definition) is 0. The second-order valence-electron chi connectivity index (χ2n) is 5.02. The van der Waals surface area contributed by atoms with Crippen LogP contribution in [0.1, 0.15) is 37.4 Å². The first kappa shape index (κ1) is 10.8. The maximum atomic E-state index is 5.98. The van der Waals surface area contributed by atoms with Gasteiger partial charge in [0.05, 0.1) is 0 Å². The van der Waals surface area contributed by atoms with Crippen molar-refractivity contribution >= 4 is 28.3 Å². The third-order valence-corrected chi connectivity index (χ3v) is 4.61. The van der Waals surface area contributed by atoms with Gasteiger partial charge in [0, 0.05) is 36.4 Å². The molecule has 2 aliphatic rings. The van der Waals surface area contributed by atoms with Gasteiger partial charge in [-0.1, -0.05) is 0 Å². The van der Waals surface area contributed by atoms with Gasteiger partial charge in [0.15, 0.2) is 0 Å². The minimum Gasteiger partial charge on any atom is -0.350 e. The first-order valence-electron chi connectivity index (χ1n) is 5.91. The second-order valence-corrected chi connectivity index (χ2v) is 6.37. The van der Waals surface area contributed by atoms with Crippen molar-refractivity contribution in [2.75, 3.05) is 18.5 Å². The SMILES string of the molecule is CN(CC1CC(Cl)C1)c1nc(C2CC2)ns1. The topological polar surface area (TPSA) is 29.0 Å². The van der Waals surface area contributed by atoms with Crippen molar-refractivity contribution in [1.29, 1.82) is 0 Å². The Balaban J connectivity index is 1.57. The van der Waals surface area contributed by atoms with Gasteiger partial charge in [-0.25, -0.2) is 4.98 Å². The van der Waals surface area contributed by atoms with Crippen LogP contribution in [0.15, 0.2) is 0 Å². The molecule has 0 N–H and O–H groups in total. The van der Waals surface area contributed by atoms with Gasteiger partial charge in [-0.3, -0.25) is 0 Å². The first-order valence-corrected chi connectivity index (χ1v) is 7.12. The number of anilines is 1. The molecule has 1 aromatic rings. The number of aromatic nitrogens is 2. The van der Waals surface area contributed by atoms with Crippen molar-refractivity contribution < 1.29 is 0 Å². The zero-order valence-corrected chi connectivity index (χ0v) is 11.0. The predicted molar refractivity (Wildman–Crippen MR) is 67.5 cm³/mol. The van der Waals surface area contributed by atoms with Crippen LogP contribution in [0.3, 0.4) is 0 Å². The number of nitrogens with zero attached hydrogens (tertiary/aromatic N) is 3. The smallest absolute Gasteiger partial charge is 0.204 e. The van der Waals surface area contributed by atoms with Gasteiger partial charge < -0.3 is 4.90 Å². The van der Waals surface area contributed by atoms with Crippen molar-refractivity contribution in [2.45, 2.75) is 37.0 Å². The van der Waals surface area contributed by atoms with E-state index in [4.69, 9.17) is 11.6 Å². The highest BCUT2D eigenvalue weighted by molar-refractivity contribution is 7.09. The molecular formula is C11H16ClN3S. The summed E-state index contributed by atoms with van der Waals surface area (Å²) in [4.78, 5) is 6.84. The molecular weight excluding hydrogens is 242 g/mol. The van der Waals surface area contributed by atoms with Gasteiger partial charge in [0.2, 0.25) is 5.13 Å². The van der Waals surface area contributed by atoms with E-state index in [0.717, 1.165) is 36.3 Å². The molecule has 2 fully saturated rings. The van der Waals surface area contributed by atoms with E-state index in [-0.39, 0.29) is 0 Å². The lowest BCUT2D eigenvalue weighted by molar-refractivity contribution is 0.329. The summed E-state index contributed by atoms with van der Waals surface area (Å²) < 4.78 is 4.43. The fourth-order valence-corrected chi connectivity index (χ4v) is 3.37. The molecule has 0 aromatic carbocycles. The molecule has 0 saturated heterocycles. The largest absolute Gasteiger partial charge is 0.350 e. The maximum Gasteiger partial charge on any atom is 0.204 e. The van der Waals surface area contributed by atoms with Gasteiger partial charge in [-0.15, -0.1) is 11.6 Å². The van der Waals surface area contributed by atoms with Crippen LogP contribution in [0.25, 0.3) is 0 Å². The molecule has 0 bridgehead atoms. The standard InChI is InChI=1S/C11H16ClN3S/c1-15(6-7-4-9(12)5-7)11-13-10(14-16-11)8-2-3-8/h7-9H,2-6H2,1H3. The molecule has 0 aliphatic heterocycles. The third kappa shape index (κ3) is 2.18. The molecule has 2 aliphatic carbocycles. The van der Waals surface area contributed by atoms with E-state index in [1.165, 1.54) is 24.4 Å². The summed E-state index contributed by atoms with van der Waals surface area (Å²) in [5.41, 5.74) is 0. The monoisotopic (exact) mass is 257 g/mol. The second kappa shape index (κ2) is 4.15. The van der Waals surface area contributed by atoms with Crippen LogP contribution in [-0.4, -0.2) is 28.3 Å². The average molecular weight is 258 g/mol. The predicted octanol–water partition coefficient (Wildman–Crippen LogP) is 2.87. The lowest BCUT2D eigenvalue weighted by Crippen LogP contribution is -2.34. The van der Waals surface area contributed by atoms with E-state index in [1.807, 2.05) is 0 Å². The summed E-state index contributed by atoms with van der Waals surface area (Å²) in [5, 5.41) is 1.48. The molecule has 3 nitrogen and oxygen atoms in total. The van der Waals surface area contributed by atoms with Crippen molar-refractivity contribution in [2.24, 2.45) is 5.92 Å². The fourth-order valence-electron chi connectivity index (χ4n) is 2.16. The van der Waals surface area contributed by atoms with E-state index in [2.05, 4.69) is 21.3 Å². The summed E-state index contributed by atoms with van der Waals surface area (Å²) in [6.45, 7) is 1.07. The quantitative estimate of drug-likeness (QED) is 0.777. The van der Waals surface area contributed by atoms with Crippen molar-refractivity contribution in [3.8, 4) is 0 Å². The van der Waals surface area contributed by atoms with Crippen molar-refractivity contribution in [3.63, 3.8) is 0 Å². The molecule has 0 unspecified atom stereocenters. The number of hydrogen-bond acceptors (Lipinski definition) is 4. The molecule has 0 atom stereocenters. The molecule has 3 rings (SSSR count). The average Bonchev–Trinajstić information content (AvgIpc) is 2.94. The molecule has 88 valence electrons. The Labute approximate surface area is 105 Å². The van der Waals surface area contributed by atoms with Crippen LogP contribution in [0, 0.1) is 5.92 Å². The van der Waals surface area contributed by atoms with Crippen LogP contribution in [0.5, 0.6) is 0 Å². The zero-order chi connectivity index (χ0) is 11.1. The highest BCUT2D eigenvalue weighted by atomic mass is 35.5. The highest BCUT2D eigenvalue weighted by Gasteiger charge is 2.30. The highest BCUT2D eigenvalue weighted by Crippen LogP contribution is 2.40. The Bertz CT molecular complexity index is 371. The minimum absolute atomic E-state index is 0.412. The van der Waals surface area contributed by atoms with Crippen LogP contribution in [-0.2, 0) is 0 Å². The summed E-state index contributed by atoms with van der Waals surface area (Å²) in [5.74, 6) is 2.48. The third-order valence-electron chi connectivity index (χ3n) is 3.41. The van der Waals surface area contributed by atoms with Gasteiger partial charge in [-0.2, -0.15) is 4.37 Å². The first-order chi connectivity index (χ1) is 7.72. The molecule has 5 heteroatoms. The maximum absolute atomic E-state index is 5.98. The van der Waals surface area contributed by atoms with Crippen LogP contribution in [0.2, 0.25) is 0 Å². The Hall–Kier alpha value is -0.350. The van der Waals surface area contributed by atoms with E-state index in [0.29, 0.717) is 11.3 Å². The number of halogens is 1. The lowest BCUT2D eigenvalue weighted by Gasteiger charge is -2.33. The Morgan fingerprint density at radius 2 is 2.19 bits per heavy atom. The van der Waals surface area contributed by atoms with Gasteiger partial charge in [0.25, 0.3) is 0 Å². The molecule has 0 spiro atoms. The number of alkyl halides is 1. The molecule has 0 amide bonds. The fraction of sp³-hybridized carbons (Fsp3) is 0.818. The van der Waals surface area contributed by atoms with Crippen LogP contribution in [0.4, 0.5) is 5.13 Å². The van der Waals surface area contributed by atoms with E-state index in [1.54, 1.807) is 0 Å². The summed E-state index contributed by atoms with van der Waals surface area (Å²) in [6, 6.07) is 0. The molecule has 16 heavy (non-hydrogen) atoms. The normalized spacial score (nSPS) is 28.9. The minimum atomic E-state index is 0.412. The Morgan fingerprint density at radius 3 is 2.81 bits per heavy atom. The zero-order valence-electron chi connectivity index (χ0n) is 9.40. The van der Waals surface area contributed by atoms with Crippen molar-refractivity contribution in [1.82, 2.24) is 9.36 Å². The van der Waals surface area contributed by atoms with Gasteiger partial charge in [-0.05, 0) is 31.6 Å². The molecule has 1 aromatic heterocycles.